The third-order valence-electron chi connectivity index (χ3n) is 1.99. The van der Waals surface area contributed by atoms with Crippen LogP contribution >= 0.6 is 0 Å². The van der Waals surface area contributed by atoms with Crippen LogP contribution in [0.1, 0.15) is 32.6 Å². The van der Waals surface area contributed by atoms with Crippen molar-refractivity contribution in [1.82, 2.24) is 0 Å². The zero-order chi connectivity index (χ0) is 7.40. The van der Waals surface area contributed by atoms with Gasteiger partial charge in [-0.05, 0) is 25.7 Å². The highest BCUT2D eigenvalue weighted by molar-refractivity contribution is 4.83. The van der Waals surface area contributed by atoms with Crippen LogP contribution in [0, 0.1) is 0 Å². The fourth-order valence-electron chi connectivity index (χ4n) is 1.26. The molecule has 0 aromatic heterocycles. The molecule has 10 heavy (non-hydrogen) atoms. The van der Waals surface area contributed by atoms with Crippen molar-refractivity contribution in [3.63, 3.8) is 0 Å². The van der Waals surface area contributed by atoms with Crippen molar-refractivity contribution in [2.75, 3.05) is 0 Å². The molecule has 1 heteroatoms. The quantitative estimate of drug-likeness (QED) is 0.325. The van der Waals surface area contributed by atoms with Gasteiger partial charge in [-0.25, -0.2) is 0 Å². The maximum atomic E-state index is 5.38. The van der Waals surface area contributed by atoms with Gasteiger partial charge in [0.05, 0.1) is 12.2 Å². The Morgan fingerprint density at radius 3 is 2.80 bits per heavy atom. The van der Waals surface area contributed by atoms with E-state index in [0.717, 1.165) is 6.42 Å². The summed E-state index contributed by atoms with van der Waals surface area (Å²) in [5.41, 5.74) is 0. The van der Waals surface area contributed by atoms with Crippen molar-refractivity contribution in [1.29, 1.82) is 0 Å². The lowest BCUT2D eigenvalue weighted by molar-refractivity contribution is 0.357. The molecule has 1 rings (SSSR count). The molecule has 0 aromatic rings. The Bertz CT molecular complexity index is 109. The van der Waals surface area contributed by atoms with Gasteiger partial charge in [-0.2, -0.15) is 0 Å². The van der Waals surface area contributed by atoms with E-state index in [1.54, 1.807) is 0 Å². The first-order valence-corrected chi connectivity index (χ1v) is 4.14. The van der Waals surface area contributed by atoms with Gasteiger partial charge in [0.1, 0.15) is 0 Å². The predicted octanol–water partition coefficient (Wildman–Crippen LogP) is 2.52. The normalized spacial score (nSPS) is 30.1. The van der Waals surface area contributed by atoms with Gasteiger partial charge in [-0.3, -0.25) is 0 Å². The van der Waals surface area contributed by atoms with Gasteiger partial charge in [0.2, 0.25) is 0 Å². The summed E-state index contributed by atoms with van der Waals surface area (Å²) in [6.07, 6.45) is 7.93. The summed E-state index contributed by atoms with van der Waals surface area (Å²) < 4.78 is 5.38. The first kappa shape index (κ1) is 7.80. The Morgan fingerprint density at radius 2 is 2.30 bits per heavy atom. The van der Waals surface area contributed by atoms with Crippen LogP contribution in [0.4, 0.5) is 0 Å². The van der Waals surface area contributed by atoms with E-state index in [1.165, 1.54) is 19.3 Å². The number of unbranched alkanes of at least 4 members (excludes halogenated alkanes) is 1. The zero-order valence-electron chi connectivity index (χ0n) is 6.68. The number of rotatable bonds is 5. The van der Waals surface area contributed by atoms with Gasteiger partial charge >= 0.3 is 0 Å². The topological polar surface area (TPSA) is 12.5 Å². The zero-order valence-corrected chi connectivity index (χ0v) is 6.68. The van der Waals surface area contributed by atoms with Crippen LogP contribution in [-0.2, 0) is 4.74 Å². The molecule has 1 fully saturated rings. The molecule has 0 aromatic carbocycles. The predicted molar refractivity (Wildman–Crippen MR) is 43.0 cm³/mol. The monoisotopic (exact) mass is 140 g/mol. The second kappa shape index (κ2) is 3.77. The summed E-state index contributed by atoms with van der Waals surface area (Å²) in [5, 5.41) is 0. The molecular formula is C9H16O. The highest BCUT2D eigenvalue weighted by Gasteiger charge is 2.35. The molecule has 0 unspecified atom stereocenters. The standard InChI is InChI=1S/C9H16O/c1-3-5-6-7-9-8(4-2)10-9/h3,8-9H,1,4-7H2,2H3/t8-,9+/m1/s1. The van der Waals surface area contributed by atoms with Crippen LogP contribution in [0.3, 0.4) is 0 Å². The molecule has 1 heterocycles. The third-order valence-corrected chi connectivity index (χ3v) is 1.99. The molecule has 1 nitrogen and oxygen atoms in total. The minimum atomic E-state index is 0.588. The summed E-state index contributed by atoms with van der Waals surface area (Å²) in [7, 11) is 0. The first-order chi connectivity index (χ1) is 4.88. The third kappa shape index (κ3) is 2.14. The van der Waals surface area contributed by atoms with Gasteiger partial charge in [-0.15, -0.1) is 6.58 Å². The number of allylic oxidation sites excluding steroid dienone is 1. The summed E-state index contributed by atoms with van der Waals surface area (Å²) in [5.74, 6) is 0. The van der Waals surface area contributed by atoms with E-state index in [1.807, 2.05) is 6.08 Å². The summed E-state index contributed by atoms with van der Waals surface area (Å²) in [6, 6.07) is 0. The fourth-order valence-corrected chi connectivity index (χ4v) is 1.26. The molecule has 0 spiro atoms. The van der Waals surface area contributed by atoms with E-state index in [2.05, 4.69) is 13.5 Å². The van der Waals surface area contributed by atoms with E-state index in [-0.39, 0.29) is 0 Å². The van der Waals surface area contributed by atoms with Crippen LogP contribution in [0.25, 0.3) is 0 Å². The van der Waals surface area contributed by atoms with Crippen molar-refractivity contribution in [3.05, 3.63) is 12.7 Å². The Hall–Kier alpha value is -0.300. The molecule has 0 amide bonds. The molecule has 0 saturated carbocycles. The molecule has 2 atom stereocenters. The van der Waals surface area contributed by atoms with E-state index in [4.69, 9.17) is 4.74 Å². The van der Waals surface area contributed by atoms with Gasteiger partial charge < -0.3 is 4.74 Å². The van der Waals surface area contributed by atoms with E-state index in [0.29, 0.717) is 12.2 Å². The largest absolute Gasteiger partial charge is 0.370 e. The number of ether oxygens (including phenoxy) is 1. The molecule has 0 bridgehead atoms. The second-order valence-corrected chi connectivity index (χ2v) is 2.84. The Balaban J connectivity index is 1.91. The van der Waals surface area contributed by atoms with Crippen molar-refractivity contribution < 1.29 is 4.74 Å². The maximum Gasteiger partial charge on any atom is 0.0841 e. The van der Waals surface area contributed by atoms with Gasteiger partial charge in [-0.1, -0.05) is 13.0 Å². The minimum absolute atomic E-state index is 0.588. The average molecular weight is 140 g/mol. The van der Waals surface area contributed by atoms with Crippen molar-refractivity contribution in [3.8, 4) is 0 Å². The Kier molecular flexibility index (Phi) is 2.94. The molecule has 58 valence electrons. The van der Waals surface area contributed by atoms with Crippen molar-refractivity contribution in [2.24, 2.45) is 0 Å². The number of hydrogen-bond donors (Lipinski definition) is 0. The van der Waals surface area contributed by atoms with Gasteiger partial charge in [0.25, 0.3) is 0 Å². The molecule has 0 aliphatic carbocycles. The minimum Gasteiger partial charge on any atom is -0.370 e. The van der Waals surface area contributed by atoms with Crippen molar-refractivity contribution >= 4 is 0 Å². The van der Waals surface area contributed by atoms with Crippen LogP contribution in [0.5, 0.6) is 0 Å². The summed E-state index contributed by atoms with van der Waals surface area (Å²) >= 11 is 0. The Morgan fingerprint density at radius 1 is 1.50 bits per heavy atom. The van der Waals surface area contributed by atoms with E-state index < -0.39 is 0 Å². The molecular weight excluding hydrogens is 124 g/mol. The van der Waals surface area contributed by atoms with Gasteiger partial charge in [0.15, 0.2) is 0 Å². The number of epoxide rings is 1. The van der Waals surface area contributed by atoms with Crippen LogP contribution in [-0.4, -0.2) is 12.2 Å². The van der Waals surface area contributed by atoms with E-state index in [9.17, 15) is 0 Å². The van der Waals surface area contributed by atoms with Crippen molar-refractivity contribution in [2.45, 2.75) is 44.8 Å². The highest BCUT2D eigenvalue weighted by Crippen LogP contribution is 2.29. The fraction of sp³-hybridized carbons (Fsp3) is 0.778. The smallest absolute Gasteiger partial charge is 0.0841 e. The van der Waals surface area contributed by atoms with Crippen LogP contribution in [0.15, 0.2) is 12.7 Å². The summed E-state index contributed by atoms with van der Waals surface area (Å²) in [4.78, 5) is 0. The lowest BCUT2D eigenvalue weighted by atomic mass is 10.1. The maximum absolute atomic E-state index is 5.38. The molecule has 1 aliphatic heterocycles. The second-order valence-electron chi connectivity index (χ2n) is 2.84. The molecule has 0 N–H and O–H groups in total. The molecule has 0 radical (unpaired) electrons. The lowest BCUT2D eigenvalue weighted by Gasteiger charge is -1.90. The SMILES string of the molecule is C=CCCC[C@@H]1O[C@@H]1CC. The molecule has 1 saturated heterocycles. The van der Waals surface area contributed by atoms with E-state index >= 15 is 0 Å². The lowest BCUT2D eigenvalue weighted by Crippen LogP contribution is -1.90. The summed E-state index contributed by atoms with van der Waals surface area (Å²) in [6.45, 7) is 5.86. The Labute approximate surface area is 63.1 Å². The number of hydrogen-bond acceptors (Lipinski definition) is 1. The van der Waals surface area contributed by atoms with Gasteiger partial charge in [0, 0.05) is 0 Å². The van der Waals surface area contributed by atoms with Crippen LogP contribution in [0.2, 0.25) is 0 Å². The average Bonchev–Trinajstić information content (AvgIpc) is 2.68. The highest BCUT2D eigenvalue weighted by atomic mass is 16.6. The first-order valence-electron chi connectivity index (χ1n) is 4.14. The molecule has 1 aliphatic rings. The van der Waals surface area contributed by atoms with Crippen LogP contribution < -0.4 is 0 Å².